The first-order valence-electron chi connectivity index (χ1n) is 6.15. The first kappa shape index (κ1) is 14.9. The van der Waals surface area contributed by atoms with E-state index in [0.717, 1.165) is 18.7 Å². The van der Waals surface area contributed by atoms with Crippen molar-refractivity contribution in [3.05, 3.63) is 24.0 Å². The summed E-state index contributed by atoms with van der Waals surface area (Å²) in [5.41, 5.74) is 6.62. The number of aromatic nitrogens is 1. The van der Waals surface area contributed by atoms with Crippen molar-refractivity contribution in [2.24, 2.45) is 0 Å². The SMILES string of the molecule is COCCNCCC(C)(O)Cc1cnccc1N. The summed E-state index contributed by atoms with van der Waals surface area (Å²) in [4.78, 5) is 4.03. The van der Waals surface area contributed by atoms with E-state index in [1.165, 1.54) is 0 Å². The molecule has 4 N–H and O–H groups in total. The Balaban J connectivity index is 2.37. The fourth-order valence-corrected chi connectivity index (χ4v) is 1.74. The van der Waals surface area contributed by atoms with Crippen LogP contribution in [0.25, 0.3) is 0 Å². The van der Waals surface area contributed by atoms with Crippen molar-refractivity contribution in [2.75, 3.05) is 32.5 Å². The molecule has 0 saturated carbocycles. The topological polar surface area (TPSA) is 80.4 Å². The predicted molar refractivity (Wildman–Crippen MR) is 72.3 cm³/mol. The van der Waals surface area contributed by atoms with Gasteiger partial charge >= 0.3 is 0 Å². The molecule has 0 aliphatic carbocycles. The van der Waals surface area contributed by atoms with E-state index >= 15 is 0 Å². The van der Waals surface area contributed by atoms with Crippen molar-refractivity contribution in [1.82, 2.24) is 10.3 Å². The largest absolute Gasteiger partial charge is 0.398 e. The Morgan fingerprint density at radius 3 is 2.94 bits per heavy atom. The smallest absolute Gasteiger partial charge is 0.0673 e. The van der Waals surface area contributed by atoms with Gasteiger partial charge in [0.1, 0.15) is 0 Å². The molecule has 0 saturated heterocycles. The number of nitrogens with two attached hydrogens (primary N) is 1. The number of methoxy groups -OCH3 is 1. The van der Waals surface area contributed by atoms with Crippen LogP contribution in [0.15, 0.2) is 18.5 Å². The number of nitrogen functional groups attached to an aromatic ring is 1. The van der Waals surface area contributed by atoms with Gasteiger partial charge in [0.2, 0.25) is 0 Å². The highest BCUT2D eigenvalue weighted by molar-refractivity contribution is 5.44. The van der Waals surface area contributed by atoms with E-state index in [4.69, 9.17) is 10.5 Å². The number of nitrogens with zero attached hydrogens (tertiary/aromatic N) is 1. The van der Waals surface area contributed by atoms with E-state index in [1.54, 1.807) is 25.6 Å². The summed E-state index contributed by atoms with van der Waals surface area (Å²) in [5, 5.41) is 13.5. The van der Waals surface area contributed by atoms with Crippen LogP contribution in [-0.4, -0.2) is 42.5 Å². The molecule has 5 nitrogen and oxygen atoms in total. The van der Waals surface area contributed by atoms with Crippen LogP contribution in [0.5, 0.6) is 0 Å². The van der Waals surface area contributed by atoms with Gasteiger partial charge in [-0.05, 0) is 31.5 Å². The Labute approximate surface area is 108 Å². The van der Waals surface area contributed by atoms with Crippen LogP contribution in [0.4, 0.5) is 5.69 Å². The molecule has 18 heavy (non-hydrogen) atoms. The fraction of sp³-hybridized carbons (Fsp3) is 0.615. The minimum Gasteiger partial charge on any atom is -0.398 e. The zero-order valence-corrected chi connectivity index (χ0v) is 11.1. The maximum Gasteiger partial charge on any atom is 0.0673 e. The molecule has 0 radical (unpaired) electrons. The minimum absolute atomic E-state index is 0.513. The van der Waals surface area contributed by atoms with Crippen LogP contribution in [0.2, 0.25) is 0 Å². The van der Waals surface area contributed by atoms with E-state index < -0.39 is 5.60 Å². The summed E-state index contributed by atoms with van der Waals surface area (Å²) in [5.74, 6) is 0. The van der Waals surface area contributed by atoms with Gasteiger partial charge in [0.05, 0.1) is 12.2 Å². The number of hydrogen-bond acceptors (Lipinski definition) is 5. The molecular formula is C13H23N3O2. The average Bonchev–Trinajstić information content (AvgIpc) is 2.31. The molecule has 0 aromatic carbocycles. The first-order valence-corrected chi connectivity index (χ1v) is 6.15. The second-order valence-corrected chi connectivity index (χ2v) is 4.74. The van der Waals surface area contributed by atoms with Crippen LogP contribution < -0.4 is 11.1 Å². The van der Waals surface area contributed by atoms with E-state index in [1.807, 2.05) is 6.92 Å². The third-order valence-electron chi connectivity index (χ3n) is 2.84. The van der Waals surface area contributed by atoms with Gasteiger partial charge in [0.25, 0.3) is 0 Å². The summed E-state index contributed by atoms with van der Waals surface area (Å²) >= 11 is 0. The second kappa shape index (κ2) is 7.31. The summed E-state index contributed by atoms with van der Waals surface area (Å²) in [6.45, 7) is 4.03. The molecule has 1 heterocycles. The molecule has 5 heteroatoms. The third kappa shape index (κ3) is 5.44. The minimum atomic E-state index is -0.781. The molecule has 1 unspecified atom stereocenters. The van der Waals surface area contributed by atoms with E-state index in [9.17, 15) is 5.11 Å². The van der Waals surface area contributed by atoms with Crippen molar-refractivity contribution in [2.45, 2.75) is 25.4 Å². The molecule has 0 amide bonds. The Hall–Kier alpha value is -1.17. The highest BCUT2D eigenvalue weighted by atomic mass is 16.5. The van der Waals surface area contributed by atoms with Crippen molar-refractivity contribution in [1.29, 1.82) is 0 Å². The molecule has 1 aromatic rings. The maximum atomic E-state index is 10.3. The lowest BCUT2D eigenvalue weighted by Crippen LogP contribution is -2.33. The van der Waals surface area contributed by atoms with Gasteiger partial charge in [0, 0.05) is 38.2 Å². The molecule has 1 aromatic heterocycles. The lowest BCUT2D eigenvalue weighted by Gasteiger charge is -2.24. The number of rotatable bonds is 8. The molecule has 0 aliphatic rings. The van der Waals surface area contributed by atoms with Crippen LogP contribution in [0.3, 0.4) is 0 Å². The molecule has 1 atom stereocenters. The fourth-order valence-electron chi connectivity index (χ4n) is 1.74. The van der Waals surface area contributed by atoms with Crippen LogP contribution in [0.1, 0.15) is 18.9 Å². The zero-order chi connectivity index (χ0) is 13.4. The molecule has 1 rings (SSSR count). The lowest BCUT2D eigenvalue weighted by molar-refractivity contribution is 0.0511. The monoisotopic (exact) mass is 253 g/mol. The van der Waals surface area contributed by atoms with E-state index in [0.29, 0.717) is 25.1 Å². The van der Waals surface area contributed by atoms with Gasteiger partial charge in [-0.3, -0.25) is 4.98 Å². The Kier molecular flexibility index (Phi) is 6.04. The second-order valence-electron chi connectivity index (χ2n) is 4.74. The van der Waals surface area contributed by atoms with Gasteiger partial charge in [-0.15, -0.1) is 0 Å². The van der Waals surface area contributed by atoms with Gasteiger partial charge in [-0.1, -0.05) is 0 Å². The number of anilines is 1. The van der Waals surface area contributed by atoms with Crippen LogP contribution in [0, 0.1) is 0 Å². The molecule has 0 spiro atoms. The predicted octanol–water partition coefficient (Wildman–Crippen LogP) is 0.583. The van der Waals surface area contributed by atoms with Crippen molar-refractivity contribution in [3.63, 3.8) is 0 Å². The number of hydrogen-bond donors (Lipinski definition) is 3. The highest BCUT2D eigenvalue weighted by Gasteiger charge is 2.21. The number of pyridine rings is 1. The Morgan fingerprint density at radius 1 is 1.50 bits per heavy atom. The standard InChI is InChI=1S/C13H23N3O2/c1-13(17,4-6-15-7-8-18-2)9-11-10-16-5-3-12(11)14/h3,5,10,15,17H,4,6-9H2,1-2H3,(H2,14,16). The Bertz CT molecular complexity index is 356. The van der Waals surface area contributed by atoms with Gasteiger partial charge < -0.3 is 20.9 Å². The van der Waals surface area contributed by atoms with Crippen LogP contribution >= 0.6 is 0 Å². The molecule has 102 valence electrons. The quantitative estimate of drug-likeness (QED) is 0.591. The highest BCUT2D eigenvalue weighted by Crippen LogP contribution is 2.19. The summed E-state index contributed by atoms with van der Waals surface area (Å²) < 4.78 is 4.94. The lowest BCUT2D eigenvalue weighted by atomic mass is 9.93. The van der Waals surface area contributed by atoms with Gasteiger partial charge in [-0.25, -0.2) is 0 Å². The first-order chi connectivity index (χ1) is 8.55. The molecule has 0 aliphatic heterocycles. The summed E-state index contributed by atoms with van der Waals surface area (Å²) in [6.07, 6.45) is 4.53. The number of aliphatic hydroxyl groups is 1. The zero-order valence-electron chi connectivity index (χ0n) is 11.1. The molecule has 0 bridgehead atoms. The van der Waals surface area contributed by atoms with E-state index in [2.05, 4.69) is 10.3 Å². The third-order valence-corrected chi connectivity index (χ3v) is 2.84. The molecule has 0 fully saturated rings. The normalized spacial score (nSPS) is 14.4. The maximum absolute atomic E-state index is 10.3. The molecular weight excluding hydrogens is 230 g/mol. The van der Waals surface area contributed by atoms with Gasteiger partial charge in [-0.2, -0.15) is 0 Å². The van der Waals surface area contributed by atoms with Crippen LogP contribution in [-0.2, 0) is 11.2 Å². The number of ether oxygens (including phenoxy) is 1. The van der Waals surface area contributed by atoms with Crippen molar-refractivity contribution < 1.29 is 9.84 Å². The average molecular weight is 253 g/mol. The number of nitrogens with one attached hydrogen (secondary N) is 1. The summed E-state index contributed by atoms with van der Waals surface area (Å²) in [7, 11) is 1.67. The summed E-state index contributed by atoms with van der Waals surface area (Å²) in [6, 6.07) is 1.75. The van der Waals surface area contributed by atoms with Gasteiger partial charge in [0.15, 0.2) is 0 Å². The Morgan fingerprint density at radius 2 is 2.28 bits per heavy atom. The van der Waals surface area contributed by atoms with E-state index in [-0.39, 0.29) is 0 Å². The van der Waals surface area contributed by atoms with Crippen molar-refractivity contribution >= 4 is 5.69 Å². The van der Waals surface area contributed by atoms with Crippen molar-refractivity contribution in [3.8, 4) is 0 Å².